The third-order valence-electron chi connectivity index (χ3n) is 2.52. The Morgan fingerprint density at radius 3 is 2.76 bits per heavy atom. The summed E-state index contributed by atoms with van der Waals surface area (Å²) < 4.78 is 1.98. The minimum absolute atomic E-state index is 0.587. The number of aryl methyl sites for hydroxylation is 1. The number of hydrogen-bond acceptors (Lipinski definition) is 4. The first-order valence-corrected chi connectivity index (χ1v) is 6.47. The minimum Gasteiger partial charge on any atom is -0.398 e. The fraction of sp³-hybridized carbons (Fsp3) is 0.273. The molecule has 0 bridgehead atoms. The molecule has 2 rings (SSSR count). The Kier molecular flexibility index (Phi) is 3.59. The van der Waals surface area contributed by atoms with Gasteiger partial charge in [-0.05, 0) is 25.1 Å². The number of rotatable bonds is 3. The van der Waals surface area contributed by atoms with Gasteiger partial charge in [0, 0.05) is 11.9 Å². The van der Waals surface area contributed by atoms with Crippen molar-refractivity contribution in [3.63, 3.8) is 0 Å². The summed E-state index contributed by atoms with van der Waals surface area (Å²) in [6.45, 7) is 1.93. The predicted molar refractivity (Wildman–Crippen MR) is 71.2 cm³/mol. The first-order valence-electron chi connectivity index (χ1n) is 5.10. The van der Waals surface area contributed by atoms with Gasteiger partial charge in [0.15, 0.2) is 0 Å². The highest BCUT2D eigenvalue weighted by atomic mass is 35.5. The third-order valence-corrected chi connectivity index (χ3v) is 3.84. The number of thioether (sulfide) groups is 1. The zero-order valence-electron chi connectivity index (χ0n) is 9.64. The fourth-order valence-electron chi connectivity index (χ4n) is 1.32. The largest absolute Gasteiger partial charge is 0.398 e. The zero-order valence-corrected chi connectivity index (χ0v) is 11.2. The molecule has 2 N–H and O–H groups in total. The predicted octanol–water partition coefficient (Wildman–Crippen LogP) is 2.65. The van der Waals surface area contributed by atoms with Gasteiger partial charge in [-0.2, -0.15) is 0 Å². The summed E-state index contributed by atoms with van der Waals surface area (Å²) in [6.07, 6.45) is 0. The second-order valence-corrected chi connectivity index (χ2v) is 5.15. The van der Waals surface area contributed by atoms with Crippen LogP contribution in [0.15, 0.2) is 23.1 Å². The van der Waals surface area contributed by atoms with Crippen molar-refractivity contribution in [2.45, 2.75) is 17.6 Å². The van der Waals surface area contributed by atoms with Crippen LogP contribution < -0.4 is 5.73 Å². The standard InChI is InChI=1S/C11H13ClN4S/c1-7-14-15-11(16(7)2)6-17-8-3-4-10(13)9(12)5-8/h3-5H,6,13H2,1-2H3. The Bertz CT molecular complexity index is 538. The average molecular weight is 269 g/mol. The van der Waals surface area contributed by atoms with Gasteiger partial charge in [-0.25, -0.2) is 0 Å². The Morgan fingerprint density at radius 1 is 1.41 bits per heavy atom. The smallest absolute Gasteiger partial charge is 0.143 e. The van der Waals surface area contributed by atoms with Crippen molar-refractivity contribution in [3.05, 3.63) is 34.9 Å². The molecule has 0 atom stereocenters. The molecule has 0 unspecified atom stereocenters. The molecule has 0 amide bonds. The summed E-state index contributed by atoms with van der Waals surface area (Å²) >= 11 is 7.62. The van der Waals surface area contributed by atoms with Crippen LogP contribution in [0.4, 0.5) is 5.69 Å². The molecule has 1 heterocycles. The van der Waals surface area contributed by atoms with Crippen LogP contribution in [0.1, 0.15) is 11.6 Å². The first kappa shape index (κ1) is 12.3. The maximum atomic E-state index is 5.96. The molecule has 0 radical (unpaired) electrons. The second kappa shape index (κ2) is 4.98. The van der Waals surface area contributed by atoms with Gasteiger partial charge in [0.25, 0.3) is 0 Å². The average Bonchev–Trinajstić information content (AvgIpc) is 2.62. The van der Waals surface area contributed by atoms with Crippen molar-refractivity contribution in [1.82, 2.24) is 14.8 Å². The number of hydrogen-bond donors (Lipinski definition) is 1. The third kappa shape index (κ3) is 2.73. The molecule has 6 heteroatoms. The Morgan fingerprint density at radius 2 is 2.18 bits per heavy atom. The van der Waals surface area contributed by atoms with Crippen LogP contribution in [-0.2, 0) is 12.8 Å². The van der Waals surface area contributed by atoms with Gasteiger partial charge in [-0.15, -0.1) is 22.0 Å². The molecule has 17 heavy (non-hydrogen) atoms. The van der Waals surface area contributed by atoms with Crippen LogP contribution >= 0.6 is 23.4 Å². The lowest BCUT2D eigenvalue weighted by Gasteiger charge is -2.04. The van der Waals surface area contributed by atoms with Crippen LogP contribution in [0.5, 0.6) is 0 Å². The van der Waals surface area contributed by atoms with E-state index in [2.05, 4.69) is 10.2 Å². The number of nitrogens with zero attached hydrogens (tertiary/aromatic N) is 3. The number of benzene rings is 1. The number of aromatic nitrogens is 3. The van der Waals surface area contributed by atoms with Crippen LogP contribution in [0, 0.1) is 6.92 Å². The molecular formula is C11H13ClN4S. The van der Waals surface area contributed by atoms with Gasteiger partial charge >= 0.3 is 0 Å². The second-order valence-electron chi connectivity index (χ2n) is 3.69. The Labute approximate surface area is 109 Å². The van der Waals surface area contributed by atoms with E-state index >= 15 is 0 Å². The van der Waals surface area contributed by atoms with E-state index in [9.17, 15) is 0 Å². The molecule has 0 saturated heterocycles. The lowest BCUT2D eigenvalue weighted by Crippen LogP contribution is -1.97. The maximum absolute atomic E-state index is 5.96. The van der Waals surface area contributed by atoms with E-state index in [0.29, 0.717) is 10.7 Å². The Balaban J connectivity index is 2.07. The van der Waals surface area contributed by atoms with Crippen LogP contribution in [0.25, 0.3) is 0 Å². The summed E-state index contributed by atoms with van der Waals surface area (Å²) in [5.74, 6) is 2.62. The molecule has 0 aliphatic rings. The lowest BCUT2D eigenvalue weighted by atomic mass is 10.3. The van der Waals surface area contributed by atoms with Crippen molar-refractivity contribution in [3.8, 4) is 0 Å². The molecule has 1 aromatic carbocycles. The molecule has 0 aliphatic carbocycles. The van der Waals surface area contributed by atoms with Crippen molar-refractivity contribution < 1.29 is 0 Å². The van der Waals surface area contributed by atoms with Crippen molar-refractivity contribution in [2.24, 2.45) is 7.05 Å². The van der Waals surface area contributed by atoms with E-state index in [1.54, 1.807) is 11.8 Å². The molecule has 0 aliphatic heterocycles. The number of nitrogens with two attached hydrogens (primary N) is 1. The van der Waals surface area contributed by atoms with Crippen molar-refractivity contribution in [2.75, 3.05) is 5.73 Å². The monoisotopic (exact) mass is 268 g/mol. The van der Waals surface area contributed by atoms with E-state index in [-0.39, 0.29) is 0 Å². The highest BCUT2D eigenvalue weighted by molar-refractivity contribution is 7.98. The van der Waals surface area contributed by atoms with E-state index in [1.165, 1.54) is 0 Å². The molecule has 1 aromatic heterocycles. The number of halogens is 1. The fourth-order valence-corrected chi connectivity index (χ4v) is 2.48. The maximum Gasteiger partial charge on any atom is 0.143 e. The summed E-state index contributed by atoms with van der Waals surface area (Å²) in [4.78, 5) is 1.07. The van der Waals surface area contributed by atoms with E-state index in [4.69, 9.17) is 17.3 Å². The number of nitrogen functional groups attached to an aromatic ring is 1. The molecule has 4 nitrogen and oxygen atoms in total. The highest BCUT2D eigenvalue weighted by Crippen LogP contribution is 2.28. The van der Waals surface area contributed by atoms with E-state index < -0.39 is 0 Å². The van der Waals surface area contributed by atoms with Crippen LogP contribution in [0.3, 0.4) is 0 Å². The first-order chi connectivity index (χ1) is 8.08. The van der Waals surface area contributed by atoms with E-state index in [0.717, 1.165) is 22.3 Å². The van der Waals surface area contributed by atoms with E-state index in [1.807, 2.05) is 36.7 Å². The topological polar surface area (TPSA) is 56.7 Å². The SMILES string of the molecule is Cc1nnc(CSc2ccc(N)c(Cl)c2)n1C. The molecular weight excluding hydrogens is 256 g/mol. The molecule has 0 spiro atoms. The van der Waals surface area contributed by atoms with Gasteiger partial charge in [-0.3, -0.25) is 0 Å². The number of anilines is 1. The molecule has 0 saturated carbocycles. The molecule has 0 fully saturated rings. The minimum atomic E-state index is 0.587. The van der Waals surface area contributed by atoms with Gasteiger partial charge in [0.1, 0.15) is 11.6 Å². The zero-order chi connectivity index (χ0) is 12.4. The summed E-state index contributed by atoms with van der Waals surface area (Å²) in [5.41, 5.74) is 6.26. The van der Waals surface area contributed by atoms with Crippen molar-refractivity contribution in [1.29, 1.82) is 0 Å². The highest BCUT2D eigenvalue weighted by Gasteiger charge is 2.06. The van der Waals surface area contributed by atoms with Gasteiger partial charge in [0.05, 0.1) is 16.5 Å². The Hall–Kier alpha value is -1.20. The van der Waals surface area contributed by atoms with Gasteiger partial charge in [-0.1, -0.05) is 11.6 Å². The lowest BCUT2D eigenvalue weighted by molar-refractivity contribution is 0.817. The summed E-state index contributed by atoms with van der Waals surface area (Å²) in [7, 11) is 1.96. The van der Waals surface area contributed by atoms with Gasteiger partial charge < -0.3 is 10.3 Å². The molecule has 2 aromatic rings. The van der Waals surface area contributed by atoms with Crippen molar-refractivity contribution >= 4 is 29.1 Å². The quantitative estimate of drug-likeness (QED) is 0.687. The summed E-state index contributed by atoms with van der Waals surface area (Å²) in [5, 5.41) is 8.71. The van der Waals surface area contributed by atoms with Crippen LogP contribution in [-0.4, -0.2) is 14.8 Å². The molecule has 90 valence electrons. The van der Waals surface area contributed by atoms with Crippen LogP contribution in [0.2, 0.25) is 5.02 Å². The normalized spacial score (nSPS) is 10.8. The van der Waals surface area contributed by atoms with Gasteiger partial charge in [0.2, 0.25) is 0 Å². The summed E-state index contributed by atoms with van der Waals surface area (Å²) in [6, 6.07) is 5.63.